The Balaban J connectivity index is 1.78. The van der Waals surface area contributed by atoms with Crippen LogP contribution < -0.4 is 15.0 Å². The summed E-state index contributed by atoms with van der Waals surface area (Å²) in [4.78, 5) is 28.6. The molecule has 0 fully saturated rings. The zero-order valence-corrected chi connectivity index (χ0v) is 24.1. The fourth-order valence-corrected chi connectivity index (χ4v) is 6.06. The Morgan fingerprint density at radius 1 is 1.05 bits per heavy atom. The summed E-state index contributed by atoms with van der Waals surface area (Å²) < 4.78 is 7.59. The Hall–Kier alpha value is -4.04. The van der Waals surface area contributed by atoms with E-state index in [4.69, 9.17) is 9.84 Å². The van der Waals surface area contributed by atoms with E-state index in [0.717, 1.165) is 39.4 Å². The predicted molar refractivity (Wildman–Crippen MR) is 161 cm³/mol. The number of nitrogens with one attached hydrogen (secondary N) is 1. The first-order valence-electron chi connectivity index (χ1n) is 13.4. The molecule has 0 radical (unpaired) electrons. The molecule has 0 bridgehead atoms. The van der Waals surface area contributed by atoms with Crippen molar-refractivity contribution in [3.63, 3.8) is 0 Å². The average Bonchev–Trinajstić information content (AvgIpc) is 3.29. The zero-order chi connectivity index (χ0) is 28.2. The minimum atomic E-state index is -0.256. The number of hydrogen-bond acceptors (Lipinski definition) is 5. The van der Waals surface area contributed by atoms with E-state index in [9.17, 15) is 9.59 Å². The lowest BCUT2D eigenvalue weighted by Crippen LogP contribution is -2.43. The average molecular weight is 555 g/mol. The van der Waals surface area contributed by atoms with Crippen molar-refractivity contribution in [3.05, 3.63) is 95.6 Å². The molecule has 0 saturated heterocycles. The smallest absolute Gasteiger partial charge is 0.240 e. The number of nitrogens with zero attached hydrogens (tertiary/aromatic N) is 3. The van der Waals surface area contributed by atoms with Crippen LogP contribution in [0.1, 0.15) is 35.8 Å². The molecule has 7 nitrogen and oxygen atoms in total. The molecule has 5 rings (SSSR count). The number of amides is 2. The molecule has 0 saturated carbocycles. The number of anilines is 1. The molecule has 206 valence electrons. The van der Waals surface area contributed by atoms with Gasteiger partial charge in [0.1, 0.15) is 18.1 Å². The second kappa shape index (κ2) is 12.0. The second-order valence-corrected chi connectivity index (χ2v) is 11.4. The number of carbonyl (C=O) groups excluding carboxylic acids is 2. The Labute approximate surface area is 239 Å². The molecule has 2 heterocycles. The van der Waals surface area contributed by atoms with Gasteiger partial charge < -0.3 is 10.1 Å². The Bertz CT molecular complexity index is 1500. The first-order valence-corrected chi connectivity index (χ1v) is 14.5. The molecule has 1 N–H and O–H groups in total. The molecule has 1 atom stereocenters. The maximum absolute atomic E-state index is 13.8. The summed E-state index contributed by atoms with van der Waals surface area (Å²) in [6.07, 6.45) is 0. The van der Waals surface area contributed by atoms with Crippen LogP contribution in [-0.4, -0.2) is 47.5 Å². The van der Waals surface area contributed by atoms with Gasteiger partial charge in [-0.15, -0.1) is 11.8 Å². The maximum Gasteiger partial charge on any atom is 0.240 e. The summed E-state index contributed by atoms with van der Waals surface area (Å²) in [5.74, 6) is 1.50. The molecule has 8 heteroatoms. The SMILES string of the molecule is COc1ccccc1[C@H]1SCC(=O)N(CC(=O)NCC(C)C)c2c1c(-c1ccccc1)nn2-c1ccc(C)cc1. The largest absolute Gasteiger partial charge is 0.496 e. The van der Waals surface area contributed by atoms with Crippen LogP contribution >= 0.6 is 11.8 Å². The van der Waals surface area contributed by atoms with Crippen LogP contribution in [0.3, 0.4) is 0 Å². The summed E-state index contributed by atoms with van der Waals surface area (Å²) in [6.45, 7) is 6.57. The van der Waals surface area contributed by atoms with Gasteiger partial charge in [0.05, 0.1) is 29.5 Å². The fraction of sp³-hybridized carbons (Fsp3) is 0.281. The number of methoxy groups -OCH3 is 1. The number of carbonyl (C=O) groups is 2. The molecule has 4 aromatic rings. The van der Waals surface area contributed by atoms with E-state index in [1.54, 1.807) is 12.0 Å². The summed E-state index contributed by atoms with van der Waals surface area (Å²) in [7, 11) is 1.66. The topological polar surface area (TPSA) is 76.5 Å². The van der Waals surface area contributed by atoms with Gasteiger partial charge >= 0.3 is 0 Å². The highest BCUT2D eigenvalue weighted by molar-refractivity contribution is 8.00. The normalized spacial score (nSPS) is 15.1. The Kier molecular flexibility index (Phi) is 8.26. The predicted octanol–water partition coefficient (Wildman–Crippen LogP) is 5.80. The van der Waals surface area contributed by atoms with Crippen LogP contribution in [-0.2, 0) is 9.59 Å². The minimum Gasteiger partial charge on any atom is -0.496 e. The number of ether oxygens (including phenoxy) is 1. The molecular weight excluding hydrogens is 520 g/mol. The van der Waals surface area contributed by atoms with E-state index >= 15 is 0 Å². The quantitative estimate of drug-likeness (QED) is 0.298. The van der Waals surface area contributed by atoms with Crippen LogP contribution in [0.15, 0.2) is 78.9 Å². The second-order valence-electron chi connectivity index (χ2n) is 10.3. The van der Waals surface area contributed by atoms with Crippen molar-refractivity contribution in [1.29, 1.82) is 0 Å². The lowest BCUT2D eigenvalue weighted by Gasteiger charge is -2.24. The molecule has 1 aliphatic heterocycles. The molecule has 0 spiro atoms. The van der Waals surface area contributed by atoms with Crippen molar-refractivity contribution in [2.24, 2.45) is 5.92 Å². The zero-order valence-electron chi connectivity index (χ0n) is 23.3. The fourth-order valence-electron chi connectivity index (χ4n) is 4.84. The van der Waals surface area contributed by atoms with Crippen LogP contribution in [0, 0.1) is 12.8 Å². The van der Waals surface area contributed by atoms with Gasteiger partial charge in [0.15, 0.2) is 0 Å². The van der Waals surface area contributed by atoms with Crippen LogP contribution in [0.4, 0.5) is 5.82 Å². The molecule has 3 aromatic carbocycles. The van der Waals surface area contributed by atoms with Crippen LogP contribution in [0.5, 0.6) is 5.75 Å². The van der Waals surface area contributed by atoms with Crippen LogP contribution in [0.25, 0.3) is 16.9 Å². The van der Waals surface area contributed by atoms with E-state index in [1.165, 1.54) is 11.8 Å². The third-order valence-electron chi connectivity index (χ3n) is 6.85. The minimum absolute atomic E-state index is 0.0937. The molecular formula is C32H34N4O3S. The summed E-state index contributed by atoms with van der Waals surface area (Å²) in [5.41, 5.74) is 5.47. The van der Waals surface area contributed by atoms with Crippen molar-refractivity contribution in [1.82, 2.24) is 15.1 Å². The Morgan fingerprint density at radius 2 is 1.75 bits per heavy atom. The number of hydrogen-bond donors (Lipinski definition) is 1. The number of fused-ring (bicyclic) bond motifs is 1. The summed E-state index contributed by atoms with van der Waals surface area (Å²) in [5, 5.41) is 7.86. The highest BCUT2D eigenvalue weighted by Crippen LogP contribution is 2.50. The highest BCUT2D eigenvalue weighted by atomic mass is 32.2. The molecule has 40 heavy (non-hydrogen) atoms. The van der Waals surface area contributed by atoms with Crippen molar-refractivity contribution < 1.29 is 14.3 Å². The molecule has 2 amide bonds. The first kappa shape index (κ1) is 27.5. The van der Waals surface area contributed by atoms with E-state index < -0.39 is 0 Å². The number of thioether (sulfide) groups is 1. The number of para-hydroxylation sites is 1. The van der Waals surface area contributed by atoms with Crippen molar-refractivity contribution >= 4 is 29.4 Å². The molecule has 1 aliphatic rings. The van der Waals surface area contributed by atoms with Crippen molar-refractivity contribution in [3.8, 4) is 22.7 Å². The van der Waals surface area contributed by atoms with Crippen molar-refractivity contribution in [2.75, 3.05) is 30.9 Å². The number of benzene rings is 3. The van der Waals surface area contributed by atoms with E-state index in [0.29, 0.717) is 18.3 Å². The van der Waals surface area contributed by atoms with Gasteiger partial charge in [-0.25, -0.2) is 4.68 Å². The first-order chi connectivity index (χ1) is 19.4. The van der Waals surface area contributed by atoms with Gasteiger partial charge in [-0.3, -0.25) is 14.5 Å². The summed E-state index contributed by atoms with van der Waals surface area (Å²) >= 11 is 1.53. The molecule has 0 unspecified atom stereocenters. The van der Waals surface area contributed by atoms with E-state index in [-0.39, 0.29) is 29.4 Å². The third-order valence-corrected chi connectivity index (χ3v) is 8.08. The Morgan fingerprint density at radius 3 is 2.45 bits per heavy atom. The third kappa shape index (κ3) is 5.63. The lowest BCUT2D eigenvalue weighted by atomic mass is 9.99. The number of aromatic nitrogens is 2. The highest BCUT2D eigenvalue weighted by Gasteiger charge is 2.38. The van der Waals surface area contributed by atoms with Gasteiger partial charge in [0, 0.05) is 23.2 Å². The lowest BCUT2D eigenvalue weighted by molar-refractivity contribution is -0.123. The van der Waals surface area contributed by atoms with Gasteiger partial charge in [0.25, 0.3) is 0 Å². The van der Waals surface area contributed by atoms with E-state index in [2.05, 4.69) is 5.32 Å². The van der Waals surface area contributed by atoms with Gasteiger partial charge in [-0.1, -0.05) is 80.1 Å². The monoisotopic (exact) mass is 554 g/mol. The van der Waals surface area contributed by atoms with Gasteiger partial charge in [-0.2, -0.15) is 5.10 Å². The van der Waals surface area contributed by atoms with Gasteiger partial charge in [0.2, 0.25) is 11.8 Å². The molecule has 0 aliphatic carbocycles. The number of aryl methyl sites for hydroxylation is 1. The van der Waals surface area contributed by atoms with Crippen molar-refractivity contribution in [2.45, 2.75) is 26.0 Å². The maximum atomic E-state index is 13.8. The van der Waals surface area contributed by atoms with Crippen LogP contribution in [0.2, 0.25) is 0 Å². The number of rotatable bonds is 8. The summed E-state index contributed by atoms with van der Waals surface area (Å²) in [6, 6.07) is 25.9. The molecule has 1 aromatic heterocycles. The standard InChI is InChI=1S/C32H34N4O3S/c1-21(2)18-33-27(37)19-35-28(38)20-40-31(25-12-8-9-13-26(25)39-4)29-30(23-10-6-5-7-11-23)34-36(32(29)35)24-16-14-22(3)15-17-24/h5-17,21,31H,18-20H2,1-4H3,(H,33,37)/t31-/m1/s1. The van der Waals surface area contributed by atoms with Gasteiger partial charge in [-0.05, 0) is 31.0 Å². The van der Waals surface area contributed by atoms with E-state index in [1.807, 2.05) is 104 Å².